The Balaban J connectivity index is 1.91. The Morgan fingerprint density at radius 1 is 0.841 bits per heavy atom. The molecule has 0 aliphatic heterocycles. The summed E-state index contributed by atoms with van der Waals surface area (Å²) < 4.78 is 16.8. The lowest BCUT2D eigenvalue weighted by Gasteiger charge is -2.28. The molecule has 0 bridgehead atoms. The van der Waals surface area contributed by atoms with Gasteiger partial charge in [-0.25, -0.2) is 4.79 Å². The number of methoxy groups -OCH3 is 1. The molecule has 3 aromatic carbocycles. The molecule has 44 heavy (non-hydrogen) atoms. The highest BCUT2D eigenvalue weighted by atomic mass is 16.6. The summed E-state index contributed by atoms with van der Waals surface area (Å²) in [6, 6.07) is 17.0. The van der Waals surface area contributed by atoms with Crippen LogP contribution in [0.25, 0.3) is 0 Å². The van der Waals surface area contributed by atoms with Crippen molar-refractivity contribution in [2.24, 2.45) is 5.41 Å². The maximum Gasteiger partial charge on any atom is 0.407 e. The first-order chi connectivity index (χ1) is 20.4. The number of anilines is 2. The van der Waals surface area contributed by atoms with E-state index in [0.717, 1.165) is 5.56 Å². The molecule has 9 heteroatoms. The zero-order valence-corrected chi connectivity index (χ0v) is 27.2. The zero-order chi connectivity index (χ0) is 32.9. The van der Waals surface area contributed by atoms with Gasteiger partial charge in [-0.3, -0.25) is 9.59 Å². The van der Waals surface area contributed by atoms with Gasteiger partial charge < -0.3 is 30.6 Å². The third kappa shape index (κ3) is 9.23. The van der Waals surface area contributed by atoms with Crippen LogP contribution in [0.3, 0.4) is 0 Å². The summed E-state index contributed by atoms with van der Waals surface area (Å²) in [4.78, 5) is 39.4. The highest BCUT2D eigenvalue weighted by Crippen LogP contribution is 2.34. The molecule has 2 amide bonds. The molecule has 9 nitrogen and oxygen atoms in total. The van der Waals surface area contributed by atoms with Crippen LogP contribution in [-0.2, 0) is 10.2 Å². The van der Waals surface area contributed by atoms with E-state index < -0.39 is 23.0 Å². The van der Waals surface area contributed by atoms with Crippen LogP contribution in [0.1, 0.15) is 87.2 Å². The van der Waals surface area contributed by atoms with Crippen LogP contribution in [0, 0.1) is 5.41 Å². The van der Waals surface area contributed by atoms with Gasteiger partial charge in [0.25, 0.3) is 5.91 Å². The normalized spacial score (nSPS) is 11.8. The van der Waals surface area contributed by atoms with Crippen molar-refractivity contribution < 1.29 is 28.6 Å². The number of para-hydroxylation sites is 1. The van der Waals surface area contributed by atoms with E-state index in [9.17, 15) is 14.4 Å². The largest absolute Gasteiger partial charge is 0.497 e. The van der Waals surface area contributed by atoms with Crippen LogP contribution < -0.4 is 25.8 Å². The van der Waals surface area contributed by atoms with Gasteiger partial charge >= 0.3 is 6.09 Å². The molecule has 0 radical (unpaired) electrons. The van der Waals surface area contributed by atoms with Crippen molar-refractivity contribution in [3.8, 4) is 11.5 Å². The van der Waals surface area contributed by atoms with E-state index in [0.29, 0.717) is 29.2 Å². The quantitative estimate of drug-likeness (QED) is 0.168. The lowest BCUT2D eigenvalue weighted by Crippen LogP contribution is -2.40. The Morgan fingerprint density at radius 3 is 2.09 bits per heavy atom. The summed E-state index contributed by atoms with van der Waals surface area (Å²) in [6.45, 7) is 16.0. The fourth-order valence-electron chi connectivity index (χ4n) is 4.22. The summed E-state index contributed by atoms with van der Waals surface area (Å²) >= 11 is 0. The second kappa shape index (κ2) is 13.4. The first-order valence-electron chi connectivity index (χ1n) is 14.5. The minimum Gasteiger partial charge on any atom is -0.497 e. The number of hydrogen-bond acceptors (Lipinski definition) is 7. The van der Waals surface area contributed by atoms with Crippen molar-refractivity contribution in [3.05, 3.63) is 82.9 Å². The average molecular weight is 604 g/mol. The first kappa shape index (κ1) is 34.0. The molecule has 0 saturated carbocycles. The number of ketones is 1. The molecular weight excluding hydrogens is 558 g/mol. The average Bonchev–Trinajstić information content (AvgIpc) is 2.94. The second-order valence-electron chi connectivity index (χ2n) is 13.6. The molecule has 0 unspecified atom stereocenters. The van der Waals surface area contributed by atoms with Crippen molar-refractivity contribution in [2.45, 2.75) is 66.4 Å². The van der Waals surface area contributed by atoms with Crippen LogP contribution in [0.4, 0.5) is 16.2 Å². The van der Waals surface area contributed by atoms with Crippen LogP contribution in [0.15, 0.2) is 60.7 Å². The number of nitrogen functional groups attached to an aromatic ring is 1. The van der Waals surface area contributed by atoms with Gasteiger partial charge in [-0.05, 0) is 80.3 Å². The summed E-state index contributed by atoms with van der Waals surface area (Å²) in [5, 5.41) is 5.62. The molecule has 0 aliphatic carbocycles. The maximum atomic E-state index is 14.1. The van der Waals surface area contributed by atoms with Gasteiger partial charge in [-0.15, -0.1) is 0 Å². The summed E-state index contributed by atoms with van der Waals surface area (Å²) in [5.74, 6) is 0.232. The highest BCUT2D eigenvalue weighted by molar-refractivity contribution is 6.18. The minimum absolute atomic E-state index is 0.203. The molecule has 4 N–H and O–H groups in total. The van der Waals surface area contributed by atoms with E-state index in [2.05, 4.69) is 31.4 Å². The molecule has 0 heterocycles. The van der Waals surface area contributed by atoms with Crippen molar-refractivity contribution in [1.29, 1.82) is 0 Å². The van der Waals surface area contributed by atoms with Crippen LogP contribution in [0.5, 0.6) is 11.5 Å². The van der Waals surface area contributed by atoms with Gasteiger partial charge in [0.15, 0.2) is 5.78 Å². The maximum absolute atomic E-state index is 14.1. The highest BCUT2D eigenvalue weighted by Gasteiger charge is 2.27. The fraction of sp³-hybridized carbons (Fsp3) is 0.400. The van der Waals surface area contributed by atoms with Crippen molar-refractivity contribution >= 4 is 29.2 Å². The Kier molecular flexibility index (Phi) is 10.4. The number of rotatable bonds is 10. The number of nitrogens with one attached hydrogen (secondary N) is 2. The minimum atomic E-state index is -0.610. The Labute approximate surface area is 260 Å². The lowest BCUT2D eigenvalue weighted by atomic mass is 9.85. The molecule has 3 rings (SSSR count). The van der Waals surface area contributed by atoms with E-state index in [1.165, 1.54) is 0 Å². The zero-order valence-electron chi connectivity index (χ0n) is 27.2. The number of carbonyl (C=O) groups is 3. The van der Waals surface area contributed by atoms with E-state index in [1.54, 1.807) is 76.4 Å². The van der Waals surface area contributed by atoms with Crippen molar-refractivity contribution in [3.63, 3.8) is 0 Å². The smallest absolute Gasteiger partial charge is 0.407 e. The lowest BCUT2D eigenvalue weighted by molar-refractivity contribution is 0.0492. The van der Waals surface area contributed by atoms with Gasteiger partial charge in [-0.1, -0.05) is 46.8 Å². The predicted octanol–water partition coefficient (Wildman–Crippen LogP) is 6.99. The monoisotopic (exact) mass is 603 g/mol. The molecule has 236 valence electrons. The Morgan fingerprint density at radius 2 is 1.50 bits per heavy atom. The topological polar surface area (TPSA) is 129 Å². The molecule has 0 aliphatic rings. The van der Waals surface area contributed by atoms with E-state index in [1.807, 2.05) is 26.0 Å². The van der Waals surface area contributed by atoms with E-state index in [4.69, 9.17) is 19.9 Å². The number of carbonyl (C=O) groups excluding carboxylic acids is 3. The van der Waals surface area contributed by atoms with Gasteiger partial charge in [0.1, 0.15) is 17.1 Å². The SMILES string of the molecule is COc1ccc(C(=O)Nc2c(N)cccc2C(=O)c2ccc(C(C)(C)C)cc2OCC(C)(C)CNC(=O)OC(C)(C)C)cc1. The first-order valence-corrected chi connectivity index (χ1v) is 14.5. The molecule has 0 fully saturated rings. The van der Waals surface area contributed by atoms with Crippen LogP contribution in [0.2, 0.25) is 0 Å². The van der Waals surface area contributed by atoms with Gasteiger partial charge in [0, 0.05) is 23.1 Å². The van der Waals surface area contributed by atoms with Gasteiger partial charge in [0.2, 0.25) is 0 Å². The number of hydrogen-bond donors (Lipinski definition) is 3. The molecule has 0 aromatic heterocycles. The number of nitrogens with two attached hydrogens (primary N) is 1. The molecular formula is C35H45N3O6. The third-order valence-corrected chi connectivity index (χ3v) is 6.75. The van der Waals surface area contributed by atoms with E-state index in [-0.39, 0.29) is 34.7 Å². The van der Waals surface area contributed by atoms with Crippen molar-refractivity contribution in [1.82, 2.24) is 5.32 Å². The molecule has 0 saturated heterocycles. The fourth-order valence-corrected chi connectivity index (χ4v) is 4.22. The van der Waals surface area contributed by atoms with Crippen molar-refractivity contribution in [2.75, 3.05) is 31.3 Å². The predicted molar refractivity (Wildman–Crippen MR) is 174 cm³/mol. The molecule has 3 aromatic rings. The molecule has 0 atom stereocenters. The van der Waals surface area contributed by atoms with Crippen LogP contribution in [-0.4, -0.2) is 43.6 Å². The number of alkyl carbamates (subject to hydrolysis) is 1. The van der Waals surface area contributed by atoms with Gasteiger partial charge in [0.05, 0.1) is 30.7 Å². The second-order valence-corrected chi connectivity index (χ2v) is 13.6. The summed E-state index contributed by atoms with van der Waals surface area (Å²) in [5.41, 5.74) is 7.34. The number of benzene rings is 3. The van der Waals surface area contributed by atoms with Crippen LogP contribution >= 0.6 is 0 Å². The number of ether oxygens (including phenoxy) is 3. The Bertz CT molecular complexity index is 1500. The van der Waals surface area contributed by atoms with E-state index >= 15 is 0 Å². The molecule has 0 spiro atoms. The Hall–Kier alpha value is -4.53. The summed E-state index contributed by atoms with van der Waals surface area (Å²) in [7, 11) is 1.55. The third-order valence-electron chi connectivity index (χ3n) is 6.75. The summed E-state index contributed by atoms with van der Waals surface area (Å²) in [6.07, 6.45) is -0.512. The standard InChI is InChI=1S/C35H45N3O6/c1-33(2,3)23-15-18-25(28(19-23)43-21-35(7,8)20-37-32(41)44-34(4,5)6)30(39)26-11-10-12-27(36)29(26)38-31(40)22-13-16-24(42-9)17-14-22/h10-19H,20-21,36H2,1-9H3,(H,37,41)(H,38,40). The number of amides is 2. The van der Waals surface area contributed by atoms with Gasteiger partial charge in [-0.2, -0.15) is 0 Å².